The molecule has 1 aromatic carbocycles. The highest BCUT2D eigenvalue weighted by Gasteiger charge is 2.25. The summed E-state index contributed by atoms with van der Waals surface area (Å²) in [4.78, 5) is 13.8. The molecule has 21 heavy (non-hydrogen) atoms. The van der Waals surface area contributed by atoms with E-state index in [-0.39, 0.29) is 23.9 Å². The normalized spacial score (nSPS) is 12.4. The van der Waals surface area contributed by atoms with Crippen LogP contribution in [0, 0.1) is 21.7 Å². The number of nitro groups is 1. The molecule has 0 radical (unpaired) electrons. The molecule has 1 unspecified atom stereocenters. The van der Waals surface area contributed by atoms with Crippen LogP contribution >= 0.6 is 0 Å². The lowest BCUT2D eigenvalue weighted by Gasteiger charge is -2.03. The monoisotopic (exact) mass is 300 g/mol. The maximum atomic E-state index is 13.3. The molecule has 0 saturated carbocycles. The lowest BCUT2D eigenvalue weighted by atomic mass is 10.1. The summed E-state index contributed by atoms with van der Waals surface area (Å²) in [6, 6.07) is 0.354. The number of nitrogens with zero attached hydrogens (tertiary/aromatic N) is 3. The minimum atomic E-state index is -1.35. The molecule has 1 heterocycles. The highest BCUT2D eigenvalue weighted by atomic mass is 19.2. The SMILES string of the molecule is COCC(N)c1noc(-c2cc(F)c(F)cc2[N+](=O)[O-])n1. The number of methoxy groups -OCH3 is 1. The van der Waals surface area contributed by atoms with Gasteiger partial charge in [-0.2, -0.15) is 4.98 Å². The third-order valence-electron chi connectivity index (χ3n) is 2.59. The fraction of sp³-hybridized carbons (Fsp3) is 0.273. The van der Waals surface area contributed by atoms with E-state index in [4.69, 9.17) is 15.0 Å². The Hall–Kier alpha value is -2.46. The summed E-state index contributed by atoms with van der Waals surface area (Å²) in [5.41, 5.74) is 4.65. The predicted molar refractivity (Wildman–Crippen MR) is 65.1 cm³/mol. The van der Waals surface area contributed by atoms with Gasteiger partial charge in [0.2, 0.25) is 0 Å². The molecule has 0 saturated heterocycles. The van der Waals surface area contributed by atoms with E-state index in [2.05, 4.69) is 10.1 Å². The fourth-order valence-corrected chi connectivity index (χ4v) is 1.61. The molecule has 0 fully saturated rings. The van der Waals surface area contributed by atoms with Crippen LogP contribution in [0.15, 0.2) is 16.7 Å². The smallest absolute Gasteiger partial charge is 0.285 e. The van der Waals surface area contributed by atoms with Crippen LogP contribution < -0.4 is 5.73 Å². The van der Waals surface area contributed by atoms with Crippen LogP contribution in [0.5, 0.6) is 0 Å². The number of ether oxygens (including phenoxy) is 1. The summed E-state index contributed by atoms with van der Waals surface area (Å²) >= 11 is 0. The molecule has 112 valence electrons. The zero-order valence-electron chi connectivity index (χ0n) is 10.7. The number of nitrogens with two attached hydrogens (primary N) is 1. The van der Waals surface area contributed by atoms with E-state index in [0.29, 0.717) is 12.1 Å². The van der Waals surface area contributed by atoms with Gasteiger partial charge in [0, 0.05) is 7.11 Å². The molecule has 2 rings (SSSR count). The lowest BCUT2D eigenvalue weighted by Crippen LogP contribution is -2.17. The first kappa shape index (κ1) is 14.9. The molecular formula is C11H10F2N4O4. The molecular weight excluding hydrogens is 290 g/mol. The van der Waals surface area contributed by atoms with Gasteiger partial charge < -0.3 is 15.0 Å². The van der Waals surface area contributed by atoms with Gasteiger partial charge >= 0.3 is 0 Å². The van der Waals surface area contributed by atoms with Crippen LogP contribution in [0.2, 0.25) is 0 Å². The Morgan fingerprint density at radius 3 is 2.76 bits per heavy atom. The Labute approximate surface area is 116 Å². The zero-order valence-corrected chi connectivity index (χ0v) is 10.7. The molecule has 10 heteroatoms. The molecule has 0 aliphatic heterocycles. The molecule has 0 aliphatic rings. The molecule has 0 spiro atoms. The number of aromatic nitrogens is 2. The van der Waals surface area contributed by atoms with Crippen molar-refractivity contribution in [3.8, 4) is 11.5 Å². The van der Waals surface area contributed by atoms with Crippen molar-refractivity contribution in [3.05, 3.63) is 39.7 Å². The second-order valence-electron chi connectivity index (χ2n) is 4.06. The Bertz CT molecular complexity index is 676. The van der Waals surface area contributed by atoms with E-state index in [9.17, 15) is 18.9 Å². The molecule has 2 N–H and O–H groups in total. The first-order valence-electron chi connectivity index (χ1n) is 5.66. The maximum Gasteiger partial charge on any atom is 0.285 e. The summed E-state index contributed by atoms with van der Waals surface area (Å²) < 4.78 is 36.0. The molecule has 0 bridgehead atoms. The summed E-state index contributed by atoms with van der Waals surface area (Å²) in [5, 5.41) is 14.4. The van der Waals surface area contributed by atoms with Crippen LogP contribution in [0.1, 0.15) is 11.9 Å². The van der Waals surface area contributed by atoms with E-state index in [1.165, 1.54) is 7.11 Å². The number of hydrogen-bond donors (Lipinski definition) is 1. The van der Waals surface area contributed by atoms with Crippen molar-refractivity contribution in [1.29, 1.82) is 0 Å². The topological polar surface area (TPSA) is 117 Å². The quantitative estimate of drug-likeness (QED) is 0.657. The van der Waals surface area contributed by atoms with E-state index >= 15 is 0 Å². The van der Waals surface area contributed by atoms with Gasteiger partial charge in [-0.25, -0.2) is 8.78 Å². The maximum absolute atomic E-state index is 13.3. The Morgan fingerprint density at radius 1 is 1.48 bits per heavy atom. The first-order valence-corrected chi connectivity index (χ1v) is 5.66. The molecule has 0 aliphatic carbocycles. The average molecular weight is 300 g/mol. The van der Waals surface area contributed by atoms with Gasteiger partial charge in [0.25, 0.3) is 11.6 Å². The van der Waals surface area contributed by atoms with Crippen molar-refractivity contribution in [2.45, 2.75) is 6.04 Å². The number of hydrogen-bond acceptors (Lipinski definition) is 7. The minimum absolute atomic E-state index is 0.0332. The third kappa shape index (κ3) is 3.01. The number of rotatable bonds is 5. The van der Waals surface area contributed by atoms with Crippen molar-refractivity contribution in [2.24, 2.45) is 5.73 Å². The van der Waals surface area contributed by atoms with Gasteiger partial charge in [-0.05, 0) is 6.07 Å². The van der Waals surface area contributed by atoms with Gasteiger partial charge in [-0.15, -0.1) is 0 Å². The molecule has 2 aromatic rings. The van der Waals surface area contributed by atoms with Gasteiger partial charge in [0.1, 0.15) is 5.56 Å². The van der Waals surface area contributed by atoms with Crippen LogP contribution in [0.4, 0.5) is 14.5 Å². The van der Waals surface area contributed by atoms with E-state index < -0.39 is 28.3 Å². The van der Waals surface area contributed by atoms with Crippen LogP contribution in [0.25, 0.3) is 11.5 Å². The first-order chi connectivity index (χ1) is 9.93. The molecule has 1 atom stereocenters. The summed E-state index contributed by atoms with van der Waals surface area (Å²) in [6.45, 7) is 0.0961. The lowest BCUT2D eigenvalue weighted by molar-refractivity contribution is -0.384. The van der Waals surface area contributed by atoms with Crippen molar-refractivity contribution in [2.75, 3.05) is 13.7 Å². The average Bonchev–Trinajstić information content (AvgIpc) is 2.91. The summed E-state index contributed by atoms with van der Waals surface area (Å²) in [5.74, 6) is -2.91. The third-order valence-corrected chi connectivity index (χ3v) is 2.59. The zero-order chi connectivity index (χ0) is 15.6. The van der Waals surface area contributed by atoms with Crippen molar-refractivity contribution in [3.63, 3.8) is 0 Å². The largest absolute Gasteiger partial charge is 0.383 e. The van der Waals surface area contributed by atoms with Gasteiger partial charge in [-0.3, -0.25) is 10.1 Å². The molecule has 8 nitrogen and oxygen atoms in total. The van der Waals surface area contributed by atoms with Gasteiger partial charge in [0.15, 0.2) is 17.5 Å². The standard InChI is InChI=1S/C11H10F2N4O4/c1-20-4-8(14)10-15-11(21-16-10)5-2-6(12)7(13)3-9(5)17(18)19/h2-3,8H,4,14H2,1H3. The second kappa shape index (κ2) is 5.89. The van der Waals surface area contributed by atoms with E-state index in [1.807, 2.05) is 0 Å². The summed E-state index contributed by atoms with van der Waals surface area (Å²) in [6.07, 6.45) is 0. The van der Waals surface area contributed by atoms with Crippen LogP contribution in [-0.4, -0.2) is 28.8 Å². The van der Waals surface area contributed by atoms with Gasteiger partial charge in [0.05, 0.1) is 23.6 Å². The van der Waals surface area contributed by atoms with Crippen molar-refractivity contribution < 1.29 is 23.0 Å². The number of nitro benzene ring substituents is 1. The highest BCUT2D eigenvalue weighted by molar-refractivity contribution is 5.66. The Kier molecular flexibility index (Phi) is 4.19. The Morgan fingerprint density at radius 2 is 2.14 bits per heavy atom. The highest BCUT2D eigenvalue weighted by Crippen LogP contribution is 2.31. The van der Waals surface area contributed by atoms with Crippen LogP contribution in [0.3, 0.4) is 0 Å². The van der Waals surface area contributed by atoms with E-state index in [1.54, 1.807) is 0 Å². The van der Waals surface area contributed by atoms with Crippen molar-refractivity contribution in [1.82, 2.24) is 10.1 Å². The minimum Gasteiger partial charge on any atom is -0.383 e. The van der Waals surface area contributed by atoms with Crippen LogP contribution in [-0.2, 0) is 4.74 Å². The summed E-state index contributed by atoms with van der Waals surface area (Å²) in [7, 11) is 1.42. The second-order valence-corrected chi connectivity index (χ2v) is 4.06. The van der Waals surface area contributed by atoms with Gasteiger partial charge in [-0.1, -0.05) is 5.16 Å². The molecule has 1 aromatic heterocycles. The predicted octanol–water partition coefficient (Wildman–Crippen LogP) is 1.57. The number of halogens is 2. The Balaban J connectivity index is 2.47. The fourth-order valence-electron chi connectivity index (χ4n) is 1.61. The van der Waals surface area contributed by atoms with Crippen molar-refractivity contribution >= 4 is 5.69 Å². The number of benzene rings is 1. The molecule has 0 amide bonds. The van der Waals surface area contributed by atoms with E-state index in [0.717, 1.165) is 0 Å².